The first-order valence-corrected chi connectivity index (χ1v) is 10.9. The lowest BCUT2D eigenvalue weighted by atomic mass is 10.1. The van der Waals surface area contributed by atoms with Crippen LogP contribution >= 0.6 is 11.6 Å². The Labute approximate surface area is 169 Å². The van der Waals surface area contributed by atoms with Crippen LogP contribution in [-0.4, -0.2) is 44.0 Å². The van der Waals surface area contributed by atoms with Crippen molar-refractivity contribution in [3.8, 4) is 5.75 Å². The summed E-state index contributed by atoms with van der Waals surface area (Å²) >= 11 is 6.20. The fourth-order valence-corrected chi connectivity index (χ4v) is 5.39. The molecule has 6 nitrogen and oxygen atoms in total. The summed E-state index contributed by atoms with van der Waals surface area (Å²) < 4.78 is 30.5. The van der Waals surface area contributed by atoms with Crippen molar-refractivity contribution < 1.29 is 22.7 Å². The van der Waals surface area contributed by atoms with E-state index in [2.05, 4.69) is 0 Å². The fourth-order valence-electron chi connectivity index (χ4n) is 3.25. The molecule has 1 atom stereocenters. The zero-order valence-corrected chi connectivity index (χ0v) is 16.9. The van der Waals surface area contributed by atoms with Crippen LogP contribution in [0, 0.1) is 0 Å². The summed E-state index contributed by atoms with van der Waals surface area (Å²) in [4.78, 5) is 25.3. The van der Waals surface area contributed by atoms with E-state index in [0.717, 1.165) is 0 Å². The van der Waals surface area contributed by atoms with Gasteiger partial charge >= 0.3 is 5.97 Å². The second-order valence-corrected chi connectivity index (χ2v) is 9.29. The van der Waals surface area contributed by atoms with Crippen LogP contribution in [0.2, 0.25) is 5.02 Å². The fraction of sp³-hybridized carbons (Fsp3) is 0.300. The second-order valence-electron chi connectivity index (χ2n) is 6.58. The number of hydrogen-bond donors (Lipinski definition) is 0. The number of benzene rings is 2. The number of carbonyl (C=O) groups is 2. The van der Waals surface area contributed by atoms with Crippen LogP contribution in [0.5, 0.6) is 5.75 Å². The number of esters is 1. The zero-order chi connectivity index (χ0) is 20.3. The molecule has 1 aliphatic rings. The average molecular weight is 422 g/mol. The molecule has 1 saturated heterocycles. The van der Waals surface area contributed by atoms with E-state index < -0.39 is 21.1 Å². The van der Waals surface area contributed by atoms with Crippen LogP contribution in [0.15, 0.2) is 48.5 Å². The van der Waals surface area contributed by atoms with Gasteiger partial charge in [-0.25, -0.2) is 8.42 Å². The molecule has 1 amide bonds. The van der Waals surface area contributed by atoms with Gasteiger partial charge in [0.05, 0.1) is 11.0 Å². The van der Waals surface area contributed by atoms with Crippen LogP contribution in [0.1, 0.15) is 34.5 Å². The lowest BCUT2D eigenvalue weighted by Crippen LogP contribution is -2.33. The van der Waals surface area contributed by atoms with Crippen LogP contribution in [0.3, 0.4) is 0 Å². The summed E-state index contributed by atoms with van der Waals surface area (Å²) in [7, 11) is -3.44. The maximum absolute atomic E-state index is 12.8. The van der Waals surface area contributed by atoms with Crippen molar-refractivity contribution in [2.45, 2.75) is 18.6 Å². The van der Waals surface area contributed by atoms with Crippen LogP contribution in [-0.2, 0) is 14.6 Å². The third-order valence-electron chi connectivity index (χ3n) is 4.64. The van der Waals surface area contributed by atoms with Gasteiger partial charge in [0.15, 0.2) is 9.84 Å². The Hall–Kier alpha value is -2.38. The monoisotopic (exact) mass is 421 g/mol. The Morgan fingerprint density at radius 2 is 1.75 bits per heavy atom. The standard InChI is InChI=1S/C20H20ClNO5S/c1-14(23)27-16-8-6-15(7-9-16)20(24)22-11-10-19(28(25,26)13-12-22)17-4-2-3-5-18(17)21/h2-9,19H,10-13H2,1H3. The molecule has 1 unspecified atom stereocenters. The molecule has 0 spiro atoms. The molecule has 0 saturated carbocycles. The third-order valence-corrected chi connectivity index (χ3v) is 7.10. The quantitative estimate of drug-likeness (QED) is 0.561. The number of halogens is 1. The van der Waals surface area contributed by atoms with E-state index in [1.807, 2.05) is 0 Å². The number of amides is 1. The van der Waals surface area contributed by atoms with Gasteiger partial charge in [-0.3, -0.25) is 9.59 Å². The zero-order valence-electron chi connectivity index (χ0n) is 15.3. The van der Waals surface area contributed by atoms with Gasteiger partial charge in [0, 0.05) is 30.6 Å². The molecule has 0 N–H and O–H groups in total. The molecule has 1 aliphatic heterocycles. The summed E-state index contributed by atoms with van der Waals surface area (Å²) in [6.07, 6.45) is 0.281. The van der Waals surface area contributed by atoms with Gasteiger partial charge in [0.2, 0.25) is 0 Å². The Bertz CT molecular complexity index is 988. The highest BCUT2D eigenvalue weighted by Gasteiger charge is 2.33. The molecule has 1 heterocycles. The highest BCUT2D eigenvalue weighted by atomic mass is 35.5. The maximum Gasteiger partial charge on any atom is 0.308 e. The number of ether oxygens (including phenoxy) is 1. The predicted molar refractivity (Wildman–Crippen MR) is 106 cm³/mol. The lowest BCUT2D eigenvalue weighted by molar-refractivity contribution is -0.131. The molecule has 2 aromatic carbocycles. The average Bonchev–Trinajstić information content (AvgIpc) is 2.80. The van der Waals surface area contributed by atoms with Gasteiger partial charge in [0.25, 0.3) is 5.91 Å². The van der Waals surface area contributed by atoms with Crippen molar-refractivity contribution in [3.05, 3.63) is 64.7 Å². The van der Waals surface area contributed by atoms with E-state index in [4.69, 9.17) is 16.3 Å². The molecule has 1 fully saturated rings. The summed E-state index contributed by atoms with van der Waals surface area (Å²) in [6, 6.07) is 13.1. The summed E-state index contributed by atoms with van der Waals surface area (Å²) in [5, 5.41) is -0.317. The summed E-state index contributed by atoms with van der Waals surface area (Å²) in [6.45, 7) is 1.72. The van der Waals surface area contributed by atoms with Crippen LogP contribution in [0.4, 0.5) is 0 Å². The smallest absolute Gasteiger partial charge is 0.308 e. The van der Waals surface area contributed by atoms with Crippen LogP contribution < -0.4 is 4.74 Å². The van der Waals surface area contributed by atoms with E-state index in [0.29, 0.717) is 28.4 Å². The summed E-state index contributed by atoms with van der Waals surface area (Å²) in [5.41, 5.74) is 0.980. The minimum absolute atomic E-state index is 0.119. The van der Waals surface area contributed by atoms with Crippen molar-refractivity contribution in [1.29, 1.82) is 0 Å². The number of hydrogen-bond acceptors (Lipinski definition) is 5. The maximum atomic E-state index is 12.8. The molecule has 148 valence electrons. The first-order valence-electron chi connectivity index (χ1n) is 8.81. The molecule has 2 aromatic rings. The lowest BCUT2D eigenvalue weighted by Gasteiger charge is -2.20. The van der Waals surface area contributed by atoms with Crippen molar-refractivity contribution in [2.24, 2.45) is 0 Å². The molecular formula is C20H20ClNO5S. The minimum Gasteiger partial charge on any atom is -0.427 e. The first-order chi connectivity index (χ1) is 13.3. The van der Waals surface area contributed by atoms with Crippen molar-refractivity contribution >= 4 is 33.3 Å². The summed E-state index contributed by atoms with van der Waals surface area (Å²) in [5.74, 6) is -0.478. The van der Waals surface area contributed by atoms with E-state index in [1.54, 1.807) is 36.4 Å². The van der Waals surface area contributed by atoms with Gasteiger partial charge in [-0.15, -0.1) is 0 Å². The molecule has 0 bridgehead atoms. The third kappa shape index (κ3) is 4.54. The van der Waals surface area contributed by atoms with Gasteiger partial charge in [-0.05, 0) is 42.3 Å². The molecule has 0 aliphatic carbocycles. The Morgan fingerprint density at radius 3 is 2.39 bits per heavy atom. The number of carbonyl (C=O) groups excluding carboxylic acids is 2. The second kappa shape index (κ2) is 8.32. The van der Waals surface area contributed by atoms with Crippen molar-refractivity contribution in [1.82, 2.24) is 4.90 Å². The van der Waals surface area contributed by atoms with Crippen LogP contribution in [0.25, 0.3) is 0 Å². The highest BCUT2D eigenvalue weighted by Crippen LogP contribution is 2.34. The molecule has 28 heavy (non-hydrogen) atoms. The van der Waals surface area contributed by atoms with Gasteiger partial charge in [0.1, 0.15) is 5.75 Å². The molecule has 0 aromatic heterocycles. The van der Waals surface area contributed by atoms with E-state index in [1.165, 1.54) is 24.0 Å². The highest BCUT2D eigenvalue weighted by molar-refractivity contribution is 7.91. The largest absolute Gasteiger partial charge is 0.427 e. The topological polar surface area (TPSA) is 80.8 Å². The Balaban J connectivity index is 1.78. The molecule has 8 heteroatoms. The van der Waals surface area contributed by atoms with Crippen molar-refractivity contribution in [3.63, 3.8) is 0 Å². The number of rotatable bonds is 3. The Morgan fingerprint density at radius 1 is 1.07 bits per heavy atom. The van der Waals surface area contributed by atoms with Gasteiger partial charge < -0.3 is 9.64 Å². The van der Waals surface area contributed by atoms with E-state index in [9.17, 15) is 18.0 Å². The van der Waals surface area contributed by atoms with Gasteiger partial charge in [-0.2, -0.15) is 0 Å². The number of sulfone groups is 1. The SMILES string of the molecule is CC(=O)Oc1ccc(C(=O)N2CCC(c3ccccc3Cl)S(=O)(=O)CC2)cc1. The molecule has 3 rings (SSSR count). The molecule has 0 radical (unpaired) electrons. The predicted octanol–water partition coefficient (Wildman–Crippen LogP) is 3.27. The van der Waals surface area contributed by atoms with E-state index >= 15 is 0 Å². The Kier molecular flexibility index (Phi) is 6.05. The van der Waals surface area contributed by atoms with Gasteiger partial charge in [-0.1, -0.05) is 29.8 Å². The van der Waals surface area contributed by atoms with Crippen molar-refractivity contribution in [2.75, 3.05) is 18.8 Å². The van der Waals surface area contributed by atoms with E-state index in [-0.39, 0.29) is 24.6 Å². The minimum atomic E-state index is -3.44. The molecular weight excluding hydrogens is 402 g/mol. The number of nitrogens with zero attached hydrogens (tertiary/aromatic N) is 1. The first kappa shape index (κ1) is 20.4. The normalized spacial score (nSPS) is 18.9.